The van der Waals surface area contributed by atoms with Gasteiger partial charge in [0, 0.05) is 0 Å². The Morgan fingerprint density at radius 1 is 1.32 bits per heavy atom. The average molecular weight is 439 g/mol. The minimum atomic E-state index is -1.36. The van der Waals surface area contributed by atoms with Crippen molar-refractivity contribution in [1.29, 1.82) is 0 Å². The van der Waals surface area contributed by atoms with Gasteiger partial charge in [-0.1, -0.05) is 26.2 Å². The number of aliphatic hydroxyl groups excluding tert-OH is 3. The number of nitrogens with one attached hydrogen (secondary N) is 2. The first-order valence-corrected chi connectivity index (χ1v) is 11.9. The Morgan fingerprint density at radius 2 is 2.04 bits per heavy atom. The second-order valence-corrected chi connectivity index (χ2v) is 9.55. The van der Waals surface area contributed by atoms with Gasteiger partial charge in [0.1, 0.15) is 29.9 Å². The fourth-order valence-corrected chi connectivity index (χ4v) is 4.93. The van der Waals surface area contributed by atoms with Crippen molar-refractivity contribution in [3.63, 3.8) is 0 Å². The summed E-state index contributed by atoms with van der Waals surface area (Å²) in [4.78, 5) is 12.9. The molecule has 0 saturated carbocycles. The molecule has 1 amide bonds. The second-order valence-electron chi connectivity index (χ2n) is 7.93. The molecule has 7 nitrogen and oxygen atoms in total. The van der Waals surface area contributed by atoms with Crippen molar-refractivity contribution in [3.8, 4) is 0 Å². The number of unbranched alkanes of at least 4 members (excludes halogenated alkanes) is 1. The largest absolute Gasteiger partial charge is 0.388 e. The number of hydrogen-bond donors (Lipinski definition) is 5. The van der Waals surface area contributed by atoms with Gasteiger partial charge in [-0.05, 0) is 38.5 Å². The molecule has 9 heteroatoms. The maximum atomic E-state index is 12.9. The van der Waals surface area contributed by atoms with Gasteiger partial charge < -0.3 is 30.7 Å². The van der Waals surface area contributed by atoms with E-state index in [1.165, 1.54) is 18.2 Å². The molecule has 164 valence electrons. The molecule has 2 aliphatic rings. The highest BCUT2D eigenvalue weighted by atomic mass is 35.5. The highest BCUT2D eigenvalue weighted by Gasteiger charge is 2.48. The lowest BCUT2D eigenvalue weighted by Gasteiger charge is -2.44. The number of rotatable bonds is 8. The van der Waals surface area contributed by atoms with E-state index in [0.29, 0.717) is 5.92 Å². The molecular weight excluding hydrogens is 404 g/mol. The van der Waals surface area contributed by atoms with Crippen molar-refractivity contribution in [2.75, 3.05) is 12.8 Å². The monoisotopic (exact) mass is 438 g/mol. The van der Waals surface area contributed by atoms with Gasteiger partial charge in [-0.2, -0.15) is 0 Å². The Labute approximate surface area is 176 Å². The van der Waals surface area contributed by atoms with E-state index in [1.807, 2.05) is 0 Å². The molecule has 2 heterocycles. The molecule has 2 fully saturated rings. The van der Waals surface area contributed by atoms with Crippen molar-refractivity contribution in [2.24, 2.45) is 5.92 Å². The third-order valence-corrected chi connectivity index (χ3v) is 6.92. The number of alkyl halides is 1. The minimum absolute atomic E-state index is 0.171. The number of ether oxygens (including phenoxy) is 1. The molecule has 0 aliphatic carbocycles. The number of thioether (sulfide) groups is 1. The number of carbonyl (C=O) groups excluding carboxylic acids is 1. The van der Waals surface area contributed by atoms with E-state index in [9.17, 15) is 20.1 Å². The third kappa shape index (κ3) is 5.97. The molecular formula is C19H35ClN2O5S. The molecule has 2 saturated heterocycles. The number of carbonyl (C=O) groups is 1. The quantitative estimate of drug-likeness (QED) is 0.357. The summed E-state index contributed by atoms with van der Waals surface area (Å²) in [5, 5.41) is 36.3. The molecule has 2 aliphatic heterocycles. The summed E-state index contributed by atoms with van der Waals surface area (Å²) in [5.74, 6) is 0.356. The lowest BCUT2D eigenvalue weighted by Crippen LogP contribution is -2.65. The minimum Gasteiger partial charge on any atom is -0.388 e. The lowest BCUT2D eigenvalue weighted by atomic mass is 9.87. The van der Waals surface area contributed by atoms with Crippen LogP contribution in [0.2, 0.25) is 0 Å². The van der Waals surface area contributed by atoms with E-state index < -0.39 is 41.3 Å². The molecule has 0 spiro atoms. The van der Waals surface area contributed by atoms with Gasteiger partial charge >= 0.3 is 0 Å². The number of halogens is 1. The van der Waals surface area contributed by atoms with Crippen LogP contribution in [0.5, 0.6) is 0 Å². The van der Waals surface area contributed by atoms with Gasteiger partial charge in [0.2, 0.25) is 5.91 Å². The van der Waals surface area contributed by atoms with Gasteiger partial charge in [0.25, 0.3) is 0 Å². The van der Waals surface area contributed by atoms with Gasteiger partial charge in [-0.3, -0.25) is 4.79 Å². The topological polar surface area (TPSA) is 111 Å². The predicted octanol–water partition coefficient (Wildman–Crippen LogP) is 0.828. The number of aliphatic hydroxyl groups is 3. The summed E-state index contributed by atoms with van der Waals surface area (Å²) in [6.07, 6.45) is 2.21. The Morgan fingerprint density at radius 3 is 2.64 bits per heavy atom. The zero-order valence-corrected chi connectivity index (χ0v) is 18.5. The normalized spacial score (nSPS) is 38.6. The first-order chi connectivity index (χ1) is 13.3. The summed E-state index contributed by atoms with van der Waals surface area (Å²) in [6, 6.07) is -1.00. The van der Waals surface area contributed by atoms with E-state index in [4.69, 9.17) is 16.3 Å². The van der Waals surface area contributed by atoms with Gasteiger partial charge in [-0.15, -0.1) is 23.4 Å². The standard InChI is InChI=1S/C19H35ClN2O5S/c1-4-5-6-11-7-8-21-12(9-11)18(26)22-13(10(2)20)17-15(24)14(23)16(25)19(27-17)28-3/h10-17,19,21,23-25H,4-9H2,1-3H3,(H,22,26)/t10?,11-,12+,13?,14?,15?,16?,17?,19?/m0/s1. The van der Waals surface area contributed by atoms with Crippen LogP contribution in [0.3, 0.4) is 0 Å². The predicted molar refractivity (Wildman–Crippen MR) is 111 cm³/mol. The van der Waals surface area contributed by atoms with Crippen molar-refractivity contribution < 1.29 is 24.9 Å². The molecule has 0 aromatic heterocycles. The summed E-state index contributed by atoms with van der Waals surface area (Å²) >= 11 is 7.56. The summed E-state index contributed by atoms with van der Waals surface area (Å²) in [6.45, 7) is 4.68. The lowest BCUT2D eigenvalue weighted by molar-refractivity contribution is -0.205. The Kier molecular flexibility index (Phi) is 9.80. The van der Waals surface area contributed by atoms with Crippen molar-refractivity contribution in [1.82, 2.24) is 10.6 Å². The maximum absolute atomic E-state index is 12.9. The van der Waals surface area contributed by atoms with Crippen molar-refractivity contribution in [3.05, 3.63) is 0 Å². The Bertz CT molecular complexity index is 499. The third-order valence-electron chi connectivity index (χ3n) is 5.79. The van der Waals surface area contributed by atoms with Gasteiger partial charge in [0.15, 0.2) is 0 Å². The van der Waals surface area contributed by atoms with Gasteiger partial charge in [0.05, 0.1) is 17.5 Å². The molecule has 0 bridgehead atoms. The molecule has 0 radical (unpaired) electrons. The van der Waals surface area contributed by atoms with Crippen LogP contribution in [-0.2, 0) is 9.53 Å². The van der Waals surface area contributed by atoms with Crippen LogP contribution in [0.25, 0.3) is 0 Å². The van der Waals surface area contributed by atoms with Crippen molar-refractivity contribution in [2.45, 2.75) is 93.3 Å². The molecule has 0 aromatic rings. The Balaban J connectivity index is 2.04. The highest BCUT2D eigenvalue weighted by Crippen LogP contribution is 2.30. The number of amides is 1. The first-order valence-electron chi connectivity index (χ1n) is 10.2. The van der Waals surface area contributed by atoms with E-state index >= 15 is 0 Å². The smallest absolute Gasteiger partial charge is 0.237 e. The van der Waals surface area contributed by atoms with Crippen LogP contribution >= 0.6 is 23.4 Å². The second kappa shape index (κ2) is 11.3. The van der Waals surface area contributed by atoms with E-state index in [-0.39, 0.29) is 11.9 Å². The maximum Gasteiger partial charge on any atom is 0.237 e. The van der Waals surface area contributed by atoms with Crippen LogP contribution < -0.4 is 10.6 Å². The number of piperidine rings is 1. The SMILES string of the molecule is CCCC[C@H]1CCN[C@@H](C(=O)NC(C(C)Cl)C2OC(SC)C(O)C(O)C2O)C1. The molecule has 2 rings (SSSR count). The zero-order valence-electron chi connectivity index (χ0n) is 16.9. The van der Waals surface area contributed by atoms with Gasteiger partial charge in [-0.25, -0.2) is 0 Å². The molecule has 28 heavy (non-hydrogen) atoms. The van der Waals surface area contributed by atoms with Crippen LogP contribution in [-0.4, -0.2) is 81.3 Å². The van der Waals surface area contributed by atoms with Crippen LogP contribution in [0.1, 0.15) is 46.0 Å². The summed E-state index contributed by atoms with van der Waals surface area (Å²) in [7, 11) is 0. The zero-order chi connectivity index (χ0) is 20.8. The summed E-state index contributed by atoms with van der Waals surface area (Å²) in [5.41, 5.74) is -0.704. The van der Waals surface area contributed by atoms with Crippen LogP contribution in [0.4, 0.5) is 0 Å². The van der Waals surface area contributed by atoms with Crippen molar-refractivity contribution >= 4 is 29.3 Å². The molecule has 9 atom stereocenters. The number of hydrogen-bond acceptors (Lipinski definition) is 7. The van der Waals surface area contributed by atoms with Crippen LogP contribution in [0, 0.1) is 5.92 Å². The fourth-order valence-electron chi connectivity index (χ4n) is 4.04. The fraction of sp³-hybridized carbons (Fsp3) is 0.947. The first kappa shape index (κ1) is 24.2. The average Bonchev–Trinajstić information content (AvgIpc) is 2.69. The highest BCUT2D eigenvalue weighted by molar-refractivity contribution is 7.99. The van der Waals surface area contributed by atoms with E-state index in [1.54, 1.807) is 13.2 Å². The molecule has 0 aromatic carbocycles. The Hall–Kier alpha value is -0.0900. The molecule has 7 unspecified atom stereocenters. The molecule has 5 N–H and O–H groups in total. The van der Waals surface area contributed by atoms with Crippen LogP contribution in [0.15, 0.2) is 0 Å². The van der Waals surface area contributed by atoms with E-state index in [0.717, 1.165) is 32.2 Å². The summed E-state index contributed by atoms with van der Waals surface area (Å²) < 4.78 is 5.80. The van der Waals surface area contributed by atoms with E-state index in [2.05, 4.69) is 17.6 Å².